The summed E-state index contributed by atoms with van der Waals surface area (Å²) >= 11 is 0. The van der Waals surface area contributed by atoms with Gasteiger partial charge in [0.15, 0.2) is 5.76 Å². The topological polar surface area (TPSA) is 81.4 Å². The van der Waals surface area contributed by atoms with Crippen molar-refractivity contribution in [1.82, 2.24) is 9.88 Å². The lowest BCUT2D eigenvalue weighted by molar-refractivity contribution is 0.402. The van der Waals surface area contributed by atoms with E-state index in [1.165, 1.54) is 13.2 Å². The second-order valence-electron chi connectivity index (χ2n) is 4.59. The third-order valence-corrected chi connectivity index (χ3v) is 4.77. The predicted molar refractivity (Wildman–Crippen MR) is 78.8 cm³/mol. The Morgan fingerprint density at radius 2 is 2.05 bits per heavy atom. The zero-order valence-corrected chi connectivity index (χ0v) is 13.2. The van der Waals surface area contributed by atoms with Gasteiger partial charge in [0.1, 0.15) is 10.6 Å². The molecule has 2 aromatic rings. The van der Waals surface area contributed by atoms with Crippen LogP contribution in [0.1, 0.15) is 18.2 Å². The zero-order valence-electron chi connectivity index (χ0n) is 12.4. The van der Waals surface area contributed by atoms with Crippen LogP contribution in [0, 0.1) is 13.8 Å². The summed E-state index contributed by atoms with van der Waals surface area (Å²) in [6.07, 6.45) is 0. The second kappa shape index (κ2) is 5.87. The molecular formula is C14H18N2O4S. The average Bonchev–Trinajstić information content (AvgIpc) is 2.78. The van der Waals surface area contributed by atoms with E-state index in [2.05, 4.69) is 9.88 Å². The van der Waals surface area contributed by atoms with Crippen molar-refractivity contribution in [2.45, 2.75) is 25.7 Å². The molecule has 0 aliphatic heterocycles. The highest BCUT2D eigenvalue weighted by molar-refractivity contribution is 7.89. The summed E-state index contributed by atoms with van der Waals surface area (Å²) in [6.45, 7) is 5.74. The molecule has 7 heteroatoms. The van der Waals surface area contributed by atoms with Gasteiger partial charge in [-0.25, -0.2) is 13.1 Å². The Balaban J connectivity index is 2.60. The van der Waals surface area contributed by atoms with E-state index >= 15 is 0 Å². The summed E-state index contributed by atoms with van der Waals surface area (Å²) in [7, 11) is -2.19. The molecule has 2 rings (SSSR count). The van der Waals surface area contributed by atoms with Crippen molar-refractivity contribution in [3.05, 3.63) is 29.5 Å². The third-order valence-electron chi connectivity index (χ3n) is 3.21. The van der Waals surface area contributed by atoms with Crippen molar-refractivity contribution in [2.75, 3.05) is 13.7 Å². The molecule has 1 aromatic heterocycles. The van der Waals surface area contributed by atoms with E-state index in [9.17, 15) is 8.42 Å². The van der Waals surface area contributed by atoms with Gasteiger partial charge in [0.2, 0.25) is 10.0 Å². The molecule has 0 amide bonds. The van der Waals surface area contributed by atoms with Crippen LogP contribution in [-0.4, -0.2) is 27.2 Å². The van der Waals surface area contributed by atoms with Gasteiger partial charge in [-0.15, -0.1) is 0 Å². The molecule has 0 saturated carbocycles. The molecule has 1 N–H and O–H groups in total. The van der Waals surface area contributed by atoms with E-state index in [0.29, 0.717) is 17.9 Å². The first-order chi connectivity index (χ1) is 9.90. The molecule has 1 heterocycles. The van der Waals surface area contributed by atoms with Gasteiger partial charge in [-0.1, -0.05) is 12.1 Å². The third kappa shape index (κ3) is 2.93. The van der Waals surface area contributed by atoms with Crippen molar-refractivity contribution < 1.29 is 17.7 Å². The number of nitrogens with zero attached hydrogens (tertiary/aromatic N) is 1. The van der Waals surface area contributed by atoms with Crippen LogP contribution in [0.15, 0.2) is 27.6 Å². The first-order valence-corrected chi connectivity index (χ1v) is 8.00. The molecule has 0 bridgehead atoms. The summed E-state index contributed by atoms with van der Waals surface area (Å²) in [5, 5.41) is 3.89. The van der Waals surface area contributed by atoms with Gasteiger partial charge in [0, 0.05) is 17.7 Å². The van der Waals surface area contributed by atoms with Crippen molar-refractivity contribution >= 4 is 10.0 Å². The highest BCUT2D eigenvalue weighted by atomic mass is 32.2. The first kappa shape index (κ1) is 15.5. The maximum atomic E-state index is 12.2. The maximum Gasteiger partial charge on any atom is 0.244 e. The molecule has 1 aromatic carbocycles. The lowest BCUT2D eigenvalue weighted by Crippen LogP contribution is -2.23. The molecule has 6 nitrogen and oxygen atoms in total. The standard InChI is InChI=1S/C14H18N2O4S/c1-5-15-21(17,18)13-8-11(6-7-12(13)19-4)14-9(2)10(3)16-20-14/h6-8,15H,5H2,1-4H3. The summed E-state index contributed by atoms with van der Waals surface area (Å²) in [4.78, 5) is 0.0813. The number of ether oxygens (including phenoxy) is 1. The highest BCUT2D eigenvalue weighted by Gasteiger charge is 2.21. The number of hydrogen-bond donors (Lipinski definition) is 1. The van der Waals surface area contributed by atoms with Crippen molar-refractivity contribution in [3.8, 4) is 17.1 Å². The van der Waals surface area contributed by atoms with E-state index in [0.717, 1.165) is 11.3 Å². The number of benzene rings is 1. The maximum absolute atomic E-state index is 12.2. The Kier molecular flexibility index (Phi) is 4.34. The van der Waals surface area contributed by atoms with Crippen LogP contribution in [-0.2, 0) is 10.0 Å². The van der Waals surface area contributed by atoms with Crippen LogP contribution in [0.4, 0.5) is 0 Å². The van der Waals surface area contributed by atoms with Gasteiger partial charge in [-0.3, -0.25) is 0 Å². The minimum Gasteiger partial charge on any atom is -0.495 e. The molecule has 0 aliphatic rings. The van der Waals surface area contributed by atoms with Gasteiger partial charge in [-0.2, -0.15) is 0 Å². The monoisotopic (exact) mass is 310 g/mol. The second-order valence-corrected chi connectivity index (χ2v) is 6.32. The summed E-state index contributed by atoms with van der Waals surface area (Å²) in [5.41, 5.74) is 2.30. The first-order valence-electron chi connectivity index (χ1n) is 6.51. The molecule has 0 radical (unpaired) electrons. The lowest BCUT2D eigenvalue weighted by atomic mass is 10.1. The Bertz CT molecular complexity index is 750. The van der Waals surface area contributed by atoms with E-state index in [-0.39, 0.29) is 10.6 Å². The summed E-state index contributed by atoms with van der Waals surface area (Å²) < 4.78 is 37.4. The molecular weight excluding hydrogens is 292 g/mol. The van der Waals surface area contributed by atoms with E-state index in [4.69, 9.17) is 9.26 Å². The van der Waals surface area contributed by atoms with E-state index < -0.39 is 10.0 Å². The Hall–Kier alpha value is -1.86. The van der Waals surface area contributed by atoms with Gasteiger partial charge < -0.3 is 9.26 Å². The molecule has 0 fully saturated rings. The van der Waals surface area contributed by atoms with Gasteiger partial charge in [0.05, 0.1) is 12.8 Å². The van der Waals surface area contributed by atoms with Crippen molar-refractivity contribution in [1.29, 1.82) is 0 Å². The molecule has 0 unspecified atom stereocenters. The van der Waals surface area contributed by atoms with Gasteiger partial charge >= 0.3 is 0 Å². The Morgan fingerprint density at radius 1 is 1.33 bits per heavy atom. The summed E-state index contributed by atoms with van der Waals surface area (Å²) in [6, 6.07) is 4.89. The van der Waals surface area contributed by atoms with E-state index in [1.54, 1.807) is 19.1 Å². The van der Waals surface area contributed by atoms with Crippen LogP contribution in [0.3, 0.4) is 0 Å². The number of aryl methyl sites for hydroxylation is 1. The van der Waals surface area contributed by atoms with Crippen molar-refractivity contribution in [2.24, 2.45) is 0 Å². The highest BCUT2D eigenvalue weighted by Crippen LogP contribution is 2.32. The number of sulfonamides is 1. The van der Waals surface area contributed by atoms with Crippen LogP contribution >= 0.6 is 0 Å². The Morgan fingerprint density at radius 3 is 2.57 bits per heavy atom. The normalized spacial score (nSPS) is 11.6. The molecule has 21 heavy (non-hydrogen) atoms. The molecule has 0 saturated heterocycles. The fourth-order valence-corrected chi connectivity index (χ4v) is 3.21. The van der Waals surface area contributed by atoms with Crippen molar-refractivity contribution in [3.63, 3.8) is 0 Å². The lowest BCUT2D eigenvalue weighted by Gasteiger charge is -2.11. The quantitative estimate of drug-likeness (QED) is 0.916. The van der Waals surface area contributed by atoms with Crippen LogP contribution in [0.5, 0.6) is 5.75 Å². The van der Waals surface area contributed by atoms with Crippen LogP contribution in [0.25, 0.3) is 11.3 Å². The summed E-state index contributed by atoms with van der Waals surface area (Å²) in [5.74, 6) is 0.844. The van der Waals surface area contributed by atoms with Crippen LogP contribution < -0.4 is 9.46 Å². The predicted octanol–water partition coefficient (Wildman–Crippen LogP) is 2.27. The zero-order chi connectivity index (χ0) is 15.6. The average molecular weight is 310 g/mol. The van der Waals surface area contributed by atoms with Gasteiger partial charge in [0.25, 0.3) is 0 Å². The smallest absolute Gasteiger partial charge is 0.244 e. The fraction of sp³-hybridized carbons (Fsp3) is 0.357. The largest absolute Gasteiger partial charge is 0.495 e. The number of nitrogens with one attached hydrogen (secondary N) is 1. The van der Waals surface area contributed by atoms with Crippen LogP contribution in [0.2, 0.25) is 0 Å². The Labute approximate surface area is 124 Å². The molecule has 0 spiro atoms. The number of aromatic nitrogens is 1. The minimum absolute atomic E-state index is 0.0813. The number of rotatable bonds is 5. The molecule has 0 atom stereocenters. The SMILES string of the molecule is CCNS(=O)(=O)c1cc(-c2onc(C)c2C)ccc1OC. The number of hydrogen-bond acceptors (Lipinski definition) is 5. The van der Waals surface area contributed by atoms with Gasteiger partial charge in [-0.05, 0) is 32.0 Å². The molecule has 114 valence electrons. The number of methoxy groups -OCH3 is 1. The molecule has 0 aliphatic carbocycles. The minimum atomic E-state index is -3.63. The van der Waals surface area contributed by atoms with E-state index in [1.807, 2.05) is 13.8 Å². The fourth-order valence-electron chi connectivity index (χ4n) is 1.98.